The van der Waals surface area contributed by atoms with Crippen LogP contribution in [0.3, 0.4) is 0 Å². The number of rotatable bonds is 16. The highest BCUT2D eigenvalue weighted by atomic mass is 35.5. The summed E-state index contributed by atoms with van der Waals surface area (Å²) in [6, 6.07) is 33.2. The summed E-state index contributed by atoms with van der Waals surface area (Å²) in [5.74, 6) is 3.31. The second kappa shape index (κ2) is 19.5. The molecule has 4 aromatic carbocycles. The molecule has 3 atom stereocenters. The first-order chi connectivity index (χ1) is 33.4. The second-order valence-corrected chi connectivity index (χ2v) is 21.9. The highest BCUT2D eigenvalue weighted by Gasteiger charge is 2.47. The van der Waals surface area contributed by atoms with E-state index in [9.17, 15) is 9.59 Å². The molecule has 0 aliphatic carbocycles. The summed E-state index contributed by atoms with van der Waals surface area (Å²) in [6.45, 7) is 12.8. The van der Waals surface area contributed by atoms with E-state index in [2.05, 4.69) is 130 Å². The standard InChI is InChI=1S/C57H66Cl2N8O2/c1-40(60)55(2,3)28-35-63(38-41-22-31-64(32-23-41)51(68)20-26-56(43-12-16-45(58)17-13-43)49-10-6-4-8-47(49)53-61-29-36-66(53)56)39-42-24-33-65(34-25-42)52(69)21-27-57(44-14-18-46(59)19-15-44)50-11-7-5-9-48(50)54-62-30-37-67(54)57/h4-19,29-30,36-37,40-42H,20-28,31-35,38-39,60H2,1-3H3. The average Bonchev–Trinajstić information content (AvgIpc) is 4.16. The number of halogens is 2. The van der Waals surface area contributed by atoms with E-state index in [0.717, 1.165) is 112 Å². The number of hydrogen-bond donors (Lipinski definition) is 1. The van der Waals surface area contributed by atoms with Crippen molar-refractivity contribution in [3.05, 3.63) is 154 Å². The number of fused-ring (bicyclic) bond motifs is 6. The van der Waals surface area contributed by atoms with Gasteiger partial charge in [0.2, 0.25) is 11.8 Å². The first-order valence-electron chi connectivity index (χ1n) is 25.2. The number of nitrogens with two attached hydrogens (primary N) is 1. The van der Waals surface area contributed by atoms with Gasteiger partial charge in [-0.1, -0.05) is 110 Å². The summed E-state index contributed by atoms with van der Waals surface area (Å²) in [7, 11) is 0. The van der Waals surface area contributed by atoms with E-state index in [0.29, 0.717) is 47.6 Å². The molecule has 4 aliphatic rings. The molecule has 360 valence electrons. The number of imidazole rings is 2. The van der Waals surface area contributed by atoms with E-state index in [1.54, 1.807) is 0 Å². The van der Waals surface area contributed by atoms with Crippen LogP contribution < -0.4 is 5.73 Å². The number of hydrogen-bond acceptors (Lipinski definition) is 6. The predicted octanol–water partition coefficient (Wildman–Crippen LogP) is 10.7. The van der Waals surface area contributed by atoms with Crippen molar-refractivity contribution in [1.82, 2.24) is 33.8 Å². The van der Waals surface area contributed by atoms with Crippen LogP contribution in [0.4, 0.5) is 0 Å². The summed E-state index contributed by atoms with van der Waals surface area (Å²) < 4.78 is 4.52. The topological polar surface area (TPSA) is 106 Å². The highest BCUT2D eigenvalue weighted by Crippen LogP contribution is 2.51. The van der Waals surface area contributed by atoms with E-state index in [1.807, 2.05) is 36.7 Å². The Labute approximate surface area is 417 Å². The third-order valence-electron chi connectivity index (χ3n) is 16.6. The van der Waals surface area contributed by atoms with Crippen LogP contribution in [0.15, 0.2) is 122 Å². The van der Waals surface area contributed by atoms with Crippen molar-refractivity contribution in [2.24, 2.45) is 23.0 Å². The van der Waals surface area contributed by atoms with Crippen molar-refractivity contribution in [2.45, 2.75) is 95.7 Å². The van der Waals surface area contributed by atoms with Crippen molar-refractivity contribution >= 4 is 35.0 Å². The Bertz CT molecular complexity index is 2590. The number of benzene rings is 4. The van der Waals surface area contributed by atoms with E-state index in [4.69, 9.17) is 38.9 Å². The summed E-state index contributed by atoms with van der Waals surface area (Å²) in [6.07, 6.45) is 14.9. The van der Waals surface area contributed by atoms with Gasteiger partial charge in [0.05, 0.1) is 11.1 Å². The Morgan fingerprint density at radius 2 is 1.07 bits per heavy atom. The Hall–Kier alpha value is -5.26. The van der Waals surface area contributed by atoms with Gasteiger partial charge in [-0.2, -0.15) is 0 Å². The molecule has 0 bridgehead atoms. The maximum atomic E-state index is 14.2. The number of amides is 2. The lowest BCUT2D eigenvalue weighted by atomic mass is 9.79. The van der Waals surface area contributed by atoms with Gasteiger partial charge in [-0.05, 0) is 122 Å². The van der Waals surface area contributed by atoms with Gasteiger partial charge in [-0.25, -0.2) is 9.97 Å². The first kappa shape index (κ1) is 47.4. The number of aromatic nitrogens is 4. The minimum absolute atomic E-state index is 0.0190. The minimum atomic E-state index is -0.547. The first-order valence-corrected chi connectivity index (χ1v) is 26.0. The second-order valence-electron chi connectivity index (χ2n) is 21.0. The lowest BCUT2D eigenvalue weighted by Crippen LogP contribution is -2.46. The quantitative estimate of drug-likeness (QED) is 0.104. The van der Waals surface area contributed by atoms with E-state index in [1.165, 1.54) is 11.1 Å². The SMILES string of the molecule is CC(N)C(C)(C)CCN(CC1CCN(C(=O)CCC2(c3ccc(Cl)cc3)c3ccccc3-c3nccn32)CC1)CC1CCN(C(=O)CCC2(c3ccc(Cl)cc3)c3ccccc3-c3nccn32)CC1. The number of likely N-dealkylation sites (tertiary alicyclic amines) is 2. The molecule has 6 aromatic rings. The largest absolute Gasteiger partial charge is 0.343 e. The molecule has 4 aliphatic heterocycles. The van der Waals surface area contributed by atoms with Gasteiger partial charge in [0.1, 0.15) is 11.6 Å². The molecule has 10 nitrogen and oxygen atoms in total. The van der Waals surface area contributed by atoms with E-state index >= 15 is 0 Å². The van der Waals surface area contributed by atoms with Gasteiger partial charge < -0.3 is 29.6 Å². The van der Waals surface area contributed by atoms with Gasteiger partial charge in [0, 0.05) is 104 Å². The third-order valence-corrected chi connectivity index (χ3v) is 17.2. The number of nitrogens with zero attached hydrogens (tertiary/aromatic N) is 7. The molecule has 0 spiro atoms. The number of piperidine rings is 2. The van der Waals surface area contributed by atoms with Gasteiger partial charge in [-0.3, -0.25) is 9.59 Å². The summed E-state index contributed by atoms with van der Waals surface area (Å²) >= 11 is 12.8. The zero-order valence-electron chi connectivity index (χ0n) is 40.4. The molecule has 2 aromatic heterocycles. The van der Waals surface area contributed by atoms with Gasteiger partial charge in [-0.15, -0.1) is 0 Å². The molecular weight excluding hydrogens is 900 g/mol. The zero-order chi connectivity index (χ0) is 47.9. The lowest BCUT2D eigenvalue weighted by Gasteiger charge is -2.40. The fourth-order valence-corrected chi connectivity index (χ4v) is 12.3. The Morgan fingerprint density at radius 3 is 1.48 bits per heavy atom. The van der Waals surface area contributed by atoms with Crippen molar-refractivity contribution in [3.8, 4) is 22.8 Å². The van der Waals surface area contributed by atoms with Crippen LogP contribution in [0, 0.1) is 17.3 Å². The molecular formula is C57H66Cl2N8O2. The van der Waals surface area contributed by atoms with Gasteiger partial charge >= 0.3 is 0 Å². The van der Waals surface area contributed by atoms with Crippen molar-refractivity contribution in [2.75, 3.05) is 45.8 Å². The molecule has 2 fully saturated rings. The monoisotopic (exact) mass is 964 g/mol. The molecule has 2 amide bonds. The maximum Gasteiger partial charge on any atom is 0.222 e. The highest BCUT2D eigenvalue weighted by molar-refractivity contribution is 6.30. The Kier molecular flexibility index (Phi) is 13.4. The van der Waals surface area contributed by atoms with Crippen molar-refractivity contribution < 1.29 is 9.59 Å². The van der Waals surface area contributed by atoms with Crippen LogP contribution in [-0.2, 0) is 20.7 Å². The Morgan fingerprint density at radius 1 is 0.667 bits per heavy atom. The summed E-state index contributed by atoms with van der Waals surface area (Å²) in [5, 5.41) is 1.38. The van der Waals surface area contributed by atoms with Crippen LogP contribution >= 0.6 is 23.2 Å². The molecule has 6 heterocycles. The van der Waals surface area contributed by atoms with Crippen molar-refractivity contribution in [1.29, 1.82) is 0 Å². The zero-order valence-corrected chi connectivity index (χ0v) is 41.9. The van der Waals surface area contributed by atoms with E-state index < -0.39 is 11.1 Å². The smallest absolute Gasteiger partial charge is 0.222 e. The predicted molar refractivity (Wildman–Crippen MR) is 276 cm³/mol. The van der Waals surface area contributed by atoms with Gasteiger partial charge in [0.15, 0.2) is 0 Å². The number of carbonyl (C=O) groups excluding carboxylic acids is 2. The Balaban J connectivity index is 0.762. The molecule has 2 saturated heterocycles. The van der Waals surface area contributed by atoms with Crippen LogP contribution in [0.2, 0.25) is 10.0 Å². The summed E-state index contributed by atoms with van der Waals surface area (Å²) in [5.41, 5.74) is 12.2. The fourth-order valence-electron chi connectivity index (χ4n) is 12.1. The molecule has 69 heavy (non-hydrogen) atoms. The molecule has 0 saturated carbocycles. The third kappa shape index (κ3) is 8.96. The molecule has 0 radical (unpaired) electrons. The van der Waals surface area contributed by atoms with Crippen LogP contribution in [-0.4, -0.2) is 97.5 Å². The molecule has 10 rings (SSSR count). The van der Waals surface area contributed by atoms with Crippen LogP contribution in [0.5, 0.6) is 0 Å². The normalized spacial score (nSPS) is 20.7. The maximum absolute atomic E-state index is 14.2. The fraction of sp³-hybridized carbons (Fsp3) is 0.439. The molecule has 2 N–H and O–H groups in total. The van der Waals surface area contributed by atoms with Gasteiger partial charge in [0.25, 0.3) is 0 Å². The molecule has 3 unspecified atom stereocenters. The molecule has 12 heteroatoms. The van der Waals surface area contributed by atoms with Crippen molar-refractivity contribution in [3.63, 3.8) is 0 Å². The lowest BCUT2D eigenvalue weighted by molar-refractivity contribution is -0.133. The van der Waals surface area contributed by atoms with Crippen LogP contribution in [0.1, 0.15) is 101 Å². The van der Waals surface area contributed by atoms with Crippen LogP contribution in [0.25, 0.3) is 22.8 Å². The minimum Gasteiger partial charge on any atom is -0.343 e. The number of carbonyl (C=O) groups is 2. The summed E-state index contributed by atoms with van der Waals surface area (Å²) in [4.78, 5) is 44.8. The average molecular weight is 966 g/mol. The van der Waals surface area contributed by atoms with E-state index in [-0.39, 0.29) is 23.3 Å².